The lowest BCUT2D eigenvalue weighted by molar-refractivity contribution is 0.0795. The van der Waals surface area contributed by atoms with E-state index in [-0.39, 0.29) is 10.8 Å². The van der Waals surface area contributed by atoms with Gasteiger partial charge in [-0.2, -0.15) is 0 Å². The van der Waals surface area contributed by atoms with Gasteiger partial charge in [0, 0.05) is 29.8 Å². The summed E-state index contributed by atoms with van der Waals surface area (Å²) in [5.41, 5.74) is 0.857. The molecule has 0 aliphatic carbocycles. The minimum Gasteiger partial charge on any atom is -0.342 e. The monoisotopic (exact) mass is 289 g/mol. The average molecular weight is 290 g/mol. The van der Waals surface area contributed by atoms with Crippen molar-refractivity contribution in [2.75, 3.05) is 13.6 Å². The highest BCUT2D eigenvalue weighted by Gasteiger charge is 2.18. The second-order valence-electron chi connectivity index (χ2n) is 4.14. The third-order valence-electron chi connectivity index (χ3n) is 2.60. The summed E-state index contributed by atoms with van der Waals surface area (Å²) in [5, 5.41) is 0. The van der Waals surface area contributed by atoms with Crippen LogP contribution in [-0.4, -0.2) is 32.8 Å². The van der Waals surface area contributed by atoms with Gasteiger partial charge in [-0.25, -0.2) is 8.42 Å². The number of amides is 1. The summed E-state index contributed by atoms with van der Waals surface area (Å²) in [6.45, 7) is 4.22. The molecule has 0 fully saturated rings. The van der Waals surface area contributed by atoms with Crippen LogP contribution in [0.1, 0.15) is 29.3 Å². The fourth-order valence-corrected chi connectivity index (χ4v) is 2.87. The van der Waals surface area contributed by atoms with Crippen molar-refractivity contribution in [2.45, 2.75) is 25.2 Å². The highest BCUT2D eigenvalue weighted by Crippen LogP contribution is 2.21. The van der Waals surface area contributed by atoms with Crippen molar-refractivity contribution in [3.63, 3.8) is 0 Å². The first-order valence-corrected chi connectivity index (χ1v) is 7.89. The van der Waals surface area contributed by atoms with Gasteiger partial charge in [0.15, 0.2) is 0 Å². The SMILES string of the molecule is CCCN(C)C(=O)c1ccc(C)c(S(=O)(=O)Cl)c1. The molecule has 0 aliphatic rings. The van der Waals surface area contributed by atoms with Gasteiger partial charge in [-0.1, -0.05) is 13.0 Å². The Bertz CT molecular complexity index is 554. The predicted octanol–water partition coefficient (Wildman–Crippen LogP) is 2.40. The highest BCUT2D eigenvalue weighted by molar-refractivity contribution is 8.13. The molecule has 0 atom stereocenters. The Kier molecular flexibility index (Phi) is 4.76. The van der Waals surface area contributed by atoms with E-state index in [9.17, 15) is 13.2 Å². The number of rotatable bonds is 4. The number of carbonyl (C=O) groups excluding carboxylic acids is 1. The molecule has 0 aliphatic heterocycles. The largest absolute Gasteiger partial charge is 0.342 e. The van der Waals surface area contributed by atoms with Crippen LogP contribution >= 0.6 is 10.7 Å². The van der Waals surface area contributed by atoms with Crippen molar-refractivity contribution in [2.24, 2.45) is 0 Å². The number of benzene rings is 1. The maximum Gasteiger partial charge on any atom is 0.261 e. The molecule has 0 unspecified atom stereocenters. The second kappa shape index (κ2) is 5.71. The van der Waals surface area contributed by atoms with Gasteiger partial charge in [0.05, 0.1) is 4.90 Å². The van der Waals surface area contributed by atoms with E-state index in [0.29, 0.717) is 17.7 Å². The molecule has 0 bridgehead atoms. The summed E-state index contributed by atoms with van der Waals surface area (Å²) in [4.78, 5) is 13.6. The molecule has 0 heterocycles. The van der Waals surface area contributed by atoms with Crippen LogP contribution < -0.4 is 0 Å². The van der Waals surface area contributed by atoms with Gasteiger partial charge in [-0.15, -0.1) is 0 Å². The van der Waals surface area contributed by atoms with E-state index in [1.54, 1.807) is 31.0 Å². The molecule has 1 rings (SSSR count). The Balaban J connectivity index is 3.17. The van der Waals surface area contributed by atoms with Crippen molar-refractivity contribution in [1.82, 2.24) is 4.90 Å². The van der Waals surface area contributed by atoms with Gasteiger partial charge in [0.25, 0.3) is 15.0 Å². The van der Waals surface area contributed by atoms with Gasteiger partial charge < -0.3 is 4.90 Å². The second-order valence-corrected chi connectivity index (χ2v) is 6.68. The van der Waals surface area contributed by atoms with Crippen LogP contribution in [0.3, 0.4) is 0 Å². The molecule has 0 saturated carbocycles. The Hall–Kier alpha value is -1.07. The maximum atomic E-state index is 12.0. The molecule has 0 aromatic heterocycles. The molecule has 6 heteroatoms. The lowest BCUT2D eigenvalue weighted by Crippen LogP contribution is -2.27. The molecule has 4 nitrogen and oxygen atoms in total. The summed E-state index contributed by atoms with van der Waals surface area (Å²) in [7, 11) is 3.18. The van der Waals surface area contributed by atoms with E-state index in [0.717, 1.165) is 6.42 Å². The number of halogens is 1. The Morgan fingerprint density at radius 1 is 1.39 bits per heavy atom. The van der Waals surface area contributed by atoms with E-state index in [1.807, 2.05) is 6.92 Å². The third kappa shape index (κ3) is 3.46. The first-order valence-electron chi connectivity index (χ1n) is 5.58. The molecule has 100 valence electrons. The zero-order valence-corrected chi connectivity index (χ0v) is 12.2. The van der Waals surface area contributed by atoms with Gasteiger partial charge in [-0.05, 0) is 31.0 Å². The molecule has 18 heavy (non-hydrogen) atoms. The van der Waals surface area contributed by atoms with Crippen molar-refractivity contribution < 1.29 is 13.2 Å². The van der Waals surface area contributed by atoms with Crippen LogP contribution in [-0.2, 0) is 9.05 Å². The van der Waals surface area contributed by atoms with Crippen molar-refractivity contribution in [3.8, 4) is 0 Å². The maximum absolute atomic E-state index is 12.0. The number of hydrogen-bond donors (Lipinski definition) is 0. The molecule has 1 amide bonds. The van der Waals surface area contributed by atoms with E-state index < -0.39 is 9.05 Å². The van der Waals surface area contributed by atoms with Gasteiger partial charge >= 0.3 is 0 Å². The fraction of sp³-hybridized carbons (Fsp3) is 0.417. The summed E-state index contributed by atoms with van der Waals surface area (Å²) in [6.07, 6.45) is 0.842. The number of aryl methyl sites for hydroxylation is 1. The predicted molar refractivity (Wildman–Crippen MR) is 71.5 cm³/mol. The van der Waals surface area contributed by atoms with Crippen LogP contribution in [0.2, 0.25) is 0 Å². The Morgan fingerprint density at radius 2 is 2.00 bits per heavy atom. The Labute approximate surface area is 112 Å². The average Bonchev–Trinajstić information content (AvgIpc) is 2.27. The minimum absolute atomic E-state index is 0.0140. The van der Waals surface area contributed by atoms with Crippen LogP contribution in [0.25, 0.3) is 0 Å². The molecular formula is C12H16ClNO3S. The van der Waals surface area contributed by atoms with E-state index in [4.69, 9.17) is 10.7 Å². The fourth-order valence-electron chi connectivity index (χ4n) is 1.65. The van der Waals surface area contributed by atoms with Gasteiger partial charge in [0.2, 0.25) is 0 Å². The number of nitrogens with zero attached hydrogens (tertiary/aromatic N) is 1. The molecule has 0 radical (unpaired) electrons. The zero-order valence-electron chi connectivity index (χ0n) is 10.6. The summed E-state index contributed by atoms with van der Waals surface area (Å²) >= 11 is 0. The molecule has 1 aromatic rings. The van der Waals surface area contributed by atoms with Crippen molar-refractivity contribution >= 4 is 25.6 Å². The molecule has 0 saturated heterocycles. The normalized spacial score (nSPS) is 11.3. The highest BCUT2D eigenvalue weighted by atomic mass is 35.7. The number of carbonyl (C=O) groups is 1. The topological polar surface area (TPSA) is 54.5 Å². The lowest BCUT2D eigenvalue weighted by atomic mass is 10.1. The van der Waals surface area contributed by atoms with Gasteiger partial charge in [-0.3, -0.25) is 4.79 Å². The number of hydrogen-bond acceptors (Lipinski definition) is 3. The molecule has 0 N–H and O–H groups in total. The first-order chi connectivity index (χ1) is 8.27. The van der Waals surface area contributed by atoms with E-state index in [2.05, 4.69) is 0 Å². The van der Waals surface area contributed by atoms with E-state index in [1.165, 1.54) is 6.07 Å². The Morgan fingerprint density at radius 3 is 2.50 bits per heavy atom. The zero-order chi connectivity index (χ0) is 13.9. The molecule has 1 aromatic carbocycles. The van der Waals surface area contributed by atoms with E-state index >= 15 is 0 Å². The van der Waals surface area contributed by atoms with Crippen molar-refractivity contribution in [3.05, 3.63) is 29.3 Å². The first kappa shape index (κ1) is 15.0. The van der Waals surface area contributed by atoms with Crippen LogP contribution in [0.4, 0.5) is 0 Å². The van der Waals surface area contributed by atoms with Gasteiger partial charge in [0.1, 0.15) is 0 Å². The standard InChI is InChI=1S/C12H16ClNO3S/c1-4-7-14(3)12(15)10-6-5-9(2)11(8-10)18(13,16)17/h5-6,8H,4,7H2,1-3H3. The van der Waals surface area contributed by atoms with Crippen LogP contribution in [0.15, 0.2) is 23.1 Å². The van der Waals surface area contributed by atoms with Crippen LogP contribution in [0, 0.1) is 6.92 Å². The summed E-state index contributed by atoms with van der Waals surface area (Å²) in [5.74, 6) is -0.210. The minimum atomic E-state index is -3.83. The summed E-state index contributed by atoms with van der Waals surface area (Å²) < 4.78 is 22.7. The summed E-state index contributed by atoms with van der Waals surface area (Å²) in [6, 6.07) is 4.52. The third-order valence-corrected chi connectivity index (χ3v) is 4.07. The quantitative estimate of drug-likeness (QED) is 0.800. The van der Waals surface area contributed by atoms with Crippen molar-refractivity contribution in [1.29, 1.82) is 0 Å². The smallest absolute Gasteiger partial charge is 0.261 e. The molecular weight excluding hydrogens is 274 g/mol. The van der Waals surface area contributed by atoms with Crippen LogP contribution in [0.5, 0.6) is 0 Å². The molecule has 0 spiro atoms. The lowest BCUT2D eigenvalue weighted by Gasteiger charge is -2.16.